The van der Waals surface area contributed by atoms with E-state index in [2.05, 4.69) is 200 Å². The van der Waals surface area contributed by atoms with Crippen LogP contribution in [-0.2, 0) is 0 Å². The number of benzene rings is 8. The standard InChI is InChI=1S/C53H37N/c1-3-14-36(15-4-1)52-34-45(35-53(54-52)37-16-5-2-6-17-37)43-23-13-21-41(32-43)39-19-11-18-38(30-39)40-20-12-22-42(31-40)44-28-29-50-48-26-8-7-24-46(48)47-25-9-10-27-49(47)51(50)33-44/h1,3-5,7-35H,2,6H2. The van der Waals surface area contributed by atoms with E-state index in [-0.39, 0.29) is 0 Å². The molecule has 1 aliphatic rings. The van der Waals surface area contributed by atoms with Gasteiger partial charge in [0.05, 0.1) is 11.4 Å². The SMILES string of the molecule is C1=CC(c2cc(-c3cccc(-c4cccc(-c5cccc(-c6ccc7c8ccccc8c8ccccc8c7c6)c5)c4)c3)cc(-c3ccccc3)n2)=CCC1. The summed E-state index contributed by atoms with van der Waals surface area (Å²) in [7, 11) is 0. The third-order valence-electron chi connectivity index (χ3n) is 10.9. The average molecular weight is 688 g/mol. The van der Waals surface area contributed by atoms with Gasteiger partial charge in [-0.3, -0.25) is 0 Å². The highest BCUT2D eigenvalue weighted by molar-refractivity contribution is 6.25. The fourth-order valence-electron chi connectivity index (χ4n) is 8.13. The van der Waals surface area contributed by atoms with Crippen LogP contribution >= 0.6 is 0 Å². The molecular formula is C53H37N. The lowest BCUT2D eigenvalue weighted by atomic mass is 9.91. The first-order valence-corrected chi connectivity index (χ1v) is 18.8. The number of fused-ring (bicyclic) bond motifs is 6. The first-order valence-electron chi connectivity index (χ1n) is 18.8. The molecule has 1 aliphatic carbocycles. The maximum Gasteiger partial charge on any atom is 0.0715 e. The Balaban J connectivity index is 1.01. The van der Waals surface area contributed by atoms with Crippen molar-refractivity contribution in [2.45, 2.75) is 12.8 Å². The van der Waals surface area contributed by atoms with Crippen molar-refractivity contribution >= 4 is 37.9 Å². The van der Waals surface area contributed by atoms with E-state index in [0.717, 1.165) is 29.8 Å². The topological polar surface area (TPSA) is 12.9 Å². The van der Waals surface area contributed by atoms with Gasteiger partial charge in [0.1, 0.15) is 0 Å². The van der Waals surface area contributed by atoms with Crippen molar-refractivity contribution in [1.82, 2.24) is 4.98 Å². The fraction of sp³-hybridized carbons (Fsp3) is 0.0377. The van der Waals surface area contributed by atoms with Gasteiger partial charge in [-0.25, -0.2) is 4.98 Å². The number of hydrogen-bond donors (Lipinski definition) is 0. The van der Waals surface area contributed by atoms with E-state index >= 15 is 0 Å². The second-order valence-corrected chi connectivity index (χ2v) is 14.2. The smallest absolute Gasteiger partial charge is 0.0715 e. The predicted octanol–water partition coefficient (Wildman–Crippen LogP) is 14.6. The average Bonchev–Trinajstić information content (AvgIpc) is 3.27. The highest BCUT2D eigenvalue weighted by atomic mass is 14.7. The van der Waals surface area contributed by atoms with Crippen molar-refractivity contribution in [3.63, 3.8) is 0 Å². The Morgan fingerprint density at radius 2 is 0.741 bits per heavy atom. The molecule has 0 aliphatic heterocycles. The molecule has 1 aromatic heterocycles. The number of pyridine rings is 1. The Bertz CT molecular complexity index is 2890. The summed E-state index contributed by atoms with van der Waals surface area (Å²) in [4.78, 5) is 5.13. The van der Waals surface area contributed by atoms with E-state index in [1.165, 1.54) is 82.4 Å². The lowest BCUT2D eigenvalue weighted by Crippen LogP contribution is -1.95. The molecule has 9 aromatic rings. The zero-order valence-electron chi connectivity index (χ0n) is 29.9. The van der Waals surface area contributed by atoms with Crippen LogP contribution in [-0.4, -0.2) is 4.98 Å². The van der Waals surface area contributed by atoms with Crippen molar-refractivity contribution in [2.24, 2.45) is 0 Å². The molecule has 0 spiro atoms. The van der Waals surface area contributed by atoms with E-state index in [1.807, 2.05) is 0 Å². The molecule has 0 unspecified atom stereocenters. The van der Waals surface area contributed by atoms with Gasteiger partial charge in [0.2, 0.25) is 0 Å². The van der Waals surface area contributed by atoms with Gasteiger partial charge in [-0.15, -0.1) is 0 Å². The molecule has 0 N–H and O–H groups in total. The molecule has 0 bridgehead atoms. The molecular weight excluding hydrogens is 651 g/mol. The zero-order chi connectivity index (χ0) is 35.8. The molecule has 0 fully saturated rings. The minimum Gasteiger partial charge on any atom is -0.248 e. The quantitative estimate of drug-likeness (QED) is 0.159. The van der Waals surface area contributed by atoms with Gasteiger partial charge in [0.25, 0.3) is 0 Å². The normalized spacial score (nSPS) is 12.7. The maximum absolute atomic E-state index is 5.13. The Hall–Kier alpha value is -6.83. The molecule has 0 radical (unpaired) electrons. The van der Waals surface area contributed by atoms with Crippen molar-refractivity contribution in [1.29, 1.82) is 0 Å². The van der Waals surface area contributed by atoms with E-state index in [0.29, 0.717) is 0 Å². The summed E-state index contributed by atoms with van der Waals surface area (Å²) >= 11 is 0. The number of rotatable bonds is 6. The Morgan fingerprint density at radius 1 is 0.296 bits per heavy atom. The highest BCUT2D eigenvalue weighted by Crippen LogP contribution is 2.38. The summed E-state index contributed by atoms with van der Waals surface area (Å²) in [5.74, 6) is 0. The van der Waals surface area contributed by atoms with E-state index < -0.39 is 0 Å². The lowest BCUT2D eigenvalue weighted by Gasteiger charge is -2.14. The van der Waals surface area contributed by atoms with Gasteiger partial charge in [-0.2, -0.15) is 0 Å². The second kappa shape index (κ2) is 13.6. The maximum atomic E-state index is 5.13. The Labute approximate surface area is 316 Å². The minimum atomic E-state index is 0.989. The highest BCUT2D eigenvalue weighted by Gasteiger charge is 2.13. The predicted molar refractivity (Wildman–Crippen MR) is 230 cm³/mol. The van der Waals surface area contributed by atoms with Gasteiger partial charge in [0, 0.05) is 5.56 Å². The van der Waals surface area contributed by atoms with Crippen molar-refractivity contribution in [3.05, 3.63) is 206 Å². The summed E-state index contributed by atoms with van der Waals surface area (Å²) in [5, 5.41) is 7.78. The summed E-state index contributed by atoms with van der Waals surface area (Å²) in [5.41, 5.74) is 13.9. The van der Waals surface area contributed by atoms with Crippen LogP contribution in [0.2, 0.25) is 0 Å². The van der Waals surface area contributed by atoms with Crippen LogP contribution in [0.5, 0.6) is 0 Å². The van der Waals surface area contributed by atoms with E-state index in [9.17, 15) is 0 Å². The van der Waals surface area contributed by atoms with Crippen LogP contribution in [0.3, 0.4) is 0 Å². The first kappa shape index (κ1) is 31.9. The van der Waals surface area contributed by atoms with Gasteiger partial charge in [-0.05, 0) is 132 Å². The van der Waals surface area contributed by atoms with Crippen LogP contribution in [0.1, 0.15) is 18.5 Å². The van der Waals surface area contributed by atoms with Gasteiger partial charge < -0.3 is 0 Å². The molecule has 1 heteroatoms. The number of aromatic nitrogens is 1. The van der Waals surface area contributed by atoms with Crippen LogP contribution in [0.25, 0.3) is 93.7 Å². The van der Waals surface area contributed by atoms with Crippen molar-refractivity contribution in [3.8, 4) is 55.8 Å². The molecule has 54 heavy (non-hydrogen) atoms. The van der Waals surface area contributed by atoms with Crippen LogP contribution in [0.4, 0.5) is 0 Å². The van der Waals surface area contributed by atoms with Gasteiger partial charge >= 0.3 is 0 Å². The number of allylic oxidation sites excluding steroid dienone is 4. The second-order valence-electron chi connectivity index (χ2n) is 14.2. The molecule has 254 valence electrons. The summed E-state index contributed by atoms with van der Waals surface area (Å²) in [6.07, 6.45) is 8.90. The molecule has 0 saturated heterocycles. The third kappa shape index (κ3) is 5.90. The van der Waals surface area contributed by atoms with E-state index in [4.69, 9.17) is 4.98 Å². The molecule has 0 amide bonds. The Kier molecular flexibility index (Phi) is 8.04. The largest absolute Gasteiger partial charge is 0.248 e. The summed E-state index contributed by atoms with van der Waals surface area (Å²) in [6.45, 7) is 0. The summed E-state index contributed by atoms with van der Waals surface area (Å²) < 4.78 is 0. The molecule has 1 heterocycles. The fourth-order valence-corrected chi connectivity index (χ4v) is 8.13. The number of hydrogen-bond acceptors (Lipinski definition) is 1. The number of nitrogens with zero attached hydrogens (tertiary/aromatic N) is 1. The molecule has 0 saturated carbocycles. The molecule has 10 rings (SSSR count). The minimum absolute atomic E-state index is 0.989. The van der Waals surface area contributed by atoms with Crippen molar-refractivity contribution < 1.29 is 0 Å². The van der Waals surface area contributed by atoms with Gasteiger partial charge in [-0.1, -0.05) is 164 Å². The molecule has 0 atom stereocenters. The van der Waals surface area contributed by atoms with Crippen LogP contribution in [0.15, 0.2) is 200 Å². The lowest BCUT2D eigenvalue weighted by molar-refractivity contribution is 1.04. The molecule has 1 nitrogen and oxygen atoms in total. The first-order chi connectivity index (χ1) is 26.7. The Morgan fingerprint density at radius 3 is 1.28 bits per heavy atom. The summed E-state index contributed by atoms with van der Waals surface area (Å²) in [6, 6.07) is 66.3. The monoisotopic (exact) mass is 687 g/mol. The van der Waals surface area contributed by atoms with Crippen molar-refractivity contribution in [2.75, 3.05) is 0 Å². The third-order valence-corrected chi connectivity index (χ3v) is 10.9. The van der Waals surface area contributed by atoms with Gasteiger partial charge in [0.15, 0.2) is 0 Å². The van der Waals surface area contributed by atoms with Crippen LogP contribution in [0, 0.1) is 0 Å². The zero-order valence-corrected chi connectivity index (χ0v) is 29.9. The molecule has 8 aromatic carbocycles. The van der Waals surface area contributed by atoms with Crippen LogP contribution < -0.4 is 0 Å². The van der Waals surface area contributed by atoms with E-state index in [1.54, 1.807) is 0 Å².